The Morgan fingerprint density at radius 2 is 1.93 bits per heavy atom. The van der Waals surface area contributed by atoms with Crippen LogP contribution in [0.25, 0.3) is 0 Å². The Morgan fingerprint density at radius 3 is 2.75 bits per heavy atom. The van der Waals surface area contributed by atoms with Gasteiger partial charge in [-0.1, -0.05) is 36.4 Å². The van der Waals surface area contributed by atoms with Crippen LogP contribution >= 0.6 is 0 Å². The van der Waals surface area contributed by atoms with Gasteiger partial charge in [0.1, 0.15) is 0 Å². The van der Waals surface area contributed by atoms with Gasteiger partial charge in [0, 0.05) is 37.5 Å². The Hall–Kier alpha value is -2.44. The summed E-state index contributed by atoms with van der Waals surface area (Å²) in [5.41, 5.74) is 2.36. The number of hydrogen-bond donors (Lipinski definition) is 2. The lowest BCUT2D eigenvalue weighted by Gasteiger charge is -2.30. The lowest BCUT2D eigenvalue weighted by Crippen LogP contribution is -2.46. The molecule has 2 aliphatic heterocycles. The van der Waals surface area contributed by atoms with Gasteiger partial charge in [0.2, 0.25) is 0 Å². The van der Waals surface area contributed by atoms with Crippen molar-refractivity contribution in [3.05, 3.63) is 66.0 Å². The van der Waals surface area contributed by atoms with Gasteiger partial charge in [0.15, 0.2) is 0 Å². The standard InChI is InChI=1S/C22H27N3O3/c26-22(24-14-20-11-18(15-28-20)16-5-2-1-3-6-16)25-19-8-10-27-21(12-19)17-7-4-9-23-13-17/h1-7,9,13,18-21H,8,10-12,14-15H2,(H2,24,25,26)/t18-,19+,20-,21+/m0/s1. The molecule has 2 aromatic rings. The second kappa shape index (κ2) is 9.17. The van der Waals surface area contributed by atoms with E-state index in [2.05, 4.69) is 39.9 Å². The second-order valence-corrected chi connectivity index (χ2v) is 7.52. The summed E-state index contributed by atoms with van der Waals surface area (Å²) in [4.78, 5) is 16.5. The minimum atomic E-state index is -0.136. The minimum absolute atomic E-state index is 0.0162. The second-order valence-electron chi connectivity index (χ2n) is 7.52. The highest BCUT2D eigenvalue weighted by Gasteiger charge is 2.28. The molecule has 148 valence electrons. The molecule has 4 atom stereocenters. The number of ether oxygens (including phenoxy) is 2. The van der Waals surface area contributed by atoms with Crippen molar-refractivity contribution in [2.24, 2.45) is 0 Å². The molecule has 0 spiro atoms. The molecule has 2 saturated heterocycles. The summed E-state index contributed by atoms with van der Waals surface area (Å²) < 4.78 is 11.7. The first-order valence-electron chi connectivity index (χ1n) is 10.0. The monoisotopic (exact) mass is 381 g/mol. The van der Waals surface area contributed by atoms with Gasteiger partial charge in [0.25, 0.3) is 0 Å². The normalized spacial score (nSPS) is 27.3. The van der Waals surface area contributed by atoms with Gasteiger partial charge in [-0.15, -0.1) is 0 Å². The molecule has 0 saturated carbocycles. The lowest BCUT2D eigenvalue weighted by atomic mass is 9.96. The van der Waals surface area contributed by atoms with Crippen LogP contribution in [0.15, 0.2) is 54.9 Å². The average molecular weight is 381 g/mol. The summed E-state index contributed by atoms with van der Waals surface area (Å²) in [5.74, 6) is 0.409. The van der Waals surface area contributed by atoms with Crippen molar-refractivity contribution in [1.82, 2.24) is 15.6 Å². The van der Waals surface area contributed by atoms with Crippen LogP contribution < -0.4 is 10.6 Å². The first-order valence-corrected chi connectivity index (χ1v) is 10.0. The molecule has 2 N–H and O–H groups in total. The number of pyridine rings is 1. The average Bonchev–Trinajstić information content (AvgIpc) is 3.23. The zero-order valence-electron chi connectivity index (χ0n) is 15.9. The number of rotatable bonds is 5. The SMILES string of the molecule is O=C(NC[C@@H]1C[C@H](c2ccccc2)CO1)N[C@@H]1CCO[C@@H](c2cccnc2)C1. The molecule has 1 aromatic heterocycles. The fraction of sp³-hybridized carbons (Fsp3) is 0.455. The van der Waals surface area contributed by atoms with Gasteiger partial charge < -0.3 is 20.1 Å². The van der Waals surface area contributed by atoms with E-state index in [0.29, 0.717) is 25.7 Å². The summed E-state index contributed by atoms with van der Waals surface area (Å²) in [5, 5.41) is 6.05. The van der Waals surface area contributed by atoms with Crippen molar-refractivity contribution in [3.8, 4) is 0 Å². The van der Waals surface area contributed by atoms with Crippen LogP contribution in [-0.2, 0) is 9.47 Å². The molecular formula is C22H27N3O3. The highest BCUT2D eigenvalue weighted by Crippen LogP contribution is 2.29. The van der Waals surface area contributed by atoms with E-state index < -0.39 is 0 Å². The predicted octanol–water partition coefficient (Wildman–Crippen LogP) is 3.17. The van der Waals surface area contributed by atoms with Crippen LogP contribution in [0.3, 0.4) is 0 Å². The first kappa shape index (κ1) is 18.9. The number of benzene rings is 1. The predicted molar refractivity (Wildman–Crippen MR) is 106 cm³/mol. The molecule has 1 aromatic carbocycles. The third-order valence-electron chi connectivity index (χ3n) is 5.52. The van der Waals surface area contributed by atoms with Crippen LogP contribution in [0.5, 0.6) is 0 Å². The van der Waals surface area contributed by atoms with Crippen LogP contribution in [0.4, 0.5) is 4.79 Å². The van der Waals surface area contributed by atoms with E-state index in [0.717, 1.165) is 24.8 Å². The Balaban J connectivity index is 1.21. The zero-order valence-corrected chi connectivity index (χ0v) is 15.9. The molecule has 0 unspecified atom stereocenters. The van der Waals surface area contributed by atoms with Crippen molar-refractivity contribution < 1.29 is 14.3 Å². The van der Waals surface area contributed by atoms with Crippen LogP contribution in [0, 0.1) is 0 Å². The summed E-state index contributed by atoms with van der Waals surface area (Å²) in [6, 6.07) is 14.3. The summed E-state index contributed by atoms with van der Waals surface area (Å²) in [6.45, 7) is 1.88. The molecule has 28 heavy (non-hydrogen) atoms. The maximum absolute atomic E-state index is 12.3. The number of aromatic nitrogens is 1. The van der Waals surface area contributed by atoms with Crippen LogP contribution in [0.2, 0.25) is 0 Å². The molecule has 0 bridgehead atoms. The number of nitrogens with zero attached hydrogens (tertiary/aromatic N) is 1. The van der Waals surface area contributed by atoms with Gasteiger partial charge >= 0.3 is 6.03 Å². The molecule has 0 aliphatic carbocycles. The number of nitrogens with one attached hydrogen (secondary N) is 2. The molecule has 6 nitrogen and oxygen atoms in total. The van der Waals surface area contributed by atoms with Crippen molar-refractivity contribution >= 4 is 6.03 Å². The van der Waals surface area contributed by atoms with Crippen molar-refractivity contribution in [2.75, 3.05) is 19.8 Å². The summed E-state index contributed by atoms with van der Waals surface area (Å²) >= 11 is 0. The largest absolute Gasteiger partial charge is 0.376 e. The van der Waals surface area contributed by atoms with Gasteiger partial charge in [-0.05, 0) is 36.5 Å². The van der Waals surface area contributed by atoms with Gasteiger partial charge in [-0.25, -0.2) is 4.79 Å². The third kappa shape index (κ3) is 4.88. The maximum atomic E-state index is 12.3. The Kier molecular flexibility index (Phi) is 6.19. The van der Waals surface area contributed by atoms with Crippen molar-refractivity contribution in [2.45, 2.75) is 43.4 Å². The van der Waals surface area contributed by atoms with E-state index in [1.54, 1.807) is 6.20 Å². The Morgan fingerprint density at radius 1 is 1.07 bits per heavy atom. The first-order chi connectivity index (χ1) is 13.8. The highest BCUT2D eigenvalue weighted by molar-refractivity contribution is 5.74. The number of carbonyl (C=O) groups is 1. The van der Waals surface area contributed by atoms with Crippen LogP contribution in [-0.4, -0.2) is 42.9 Å². The smallest absolute Gasteiger partial charge is 0.315 e. The van der Waals surface area contributed by atoms with E-state index in [1.807, 2.05) is 24.4 Å². The Bertz CT molecular complexity index is 756. The fourth-order valence-electron chi connectivity index (χ4n) is 3.98. The number of carbonyl (C=O) groups excluding carboxylic acids is 1. The van der Waals surface area contributed by atoms with E-state index in [9.17, 15) is 4.79 Å². The molecule has 6 heteroatoms. The molecule has 2 amide bonds. The molecule has 0 radical (unpaired) electrons. The van der Waals surface area contributed by atoms with E-state index in [-0.39, 0.29) is 24.3 Å². The number of hydrogen-bond acceptors (Lipinski definition) is 4. The molecule has 3 heterocycles. The van der Waals surface area contributed by atoms with Crippen LogP contribution in [0.1, 0.15) is 42.4 Å². The topological polar surface area (TPSA) is 72.5 Å². The minimum Gasteiger partial charge on any atom is -0.376 e. The van der Waals surface area contributed by atoms with Crippen molar-refractivity contribution in [3.63, 3.8) is 0 Å². The fourth-order valence-corrected chi connectivity index (χ4v) is 3.98. The summed E-state index contributed by atoms with van der Waals surface area (Å²) in [7, 11) is 0. The van der Waals surface area contributed by atoms with Gasteiger partial charge in [0.05, 0.1) is 18.8 Å². The van der Waals surface area contributed by atoms with E-state index in [1.165, 1.54) is 5.56 Å². The number of amides is 2. The molecule has 4 rings (SSSR count). The van der Waals surface area contributed by atoms with E-state index in [4.69, 9.17) is 9.47 Å². The van der Waals surface area contributed by atoms with Crippen molar-refractivity contribution in [1.29, 1.82) is 0 Å². The van der Waals surface area contributed by atoms with Gasteiger partial charge in [-0.2, -0.15) is 0 Å². The zero-order chi connectivity index (χ0) is 19.2. The summed E-state index contributed by atoms with van der Waals surface area (Å²) in [6.07, 6.45) is 6.14. The Labute approximate surface area is 165 Å². The highest BCUT2D eigenvalue weighted by atomic mass is 16.5. The third-order valence-corrected chi connectivity index (χ3v) is 5.52. The molecule has 2 aliphatic rings. The lowest BCUT2D eigenvalue weighted by molar-refractivity contribution is 0.00199. The quantitative estimate of drug-likeness (QED) is 0.834. The maximum Gasteiger partial charge on any atom is 0.315 e. The molecular weight excluding hydrogens is 354 g/mol. The van der Waals surface area contributed by atoms with E-state index >= 15 is 0 Å². The van der Waals surface area contributed by atoms with Gasteiger partial charge in [-0.3, -0.25) is 4.98 Å². The number of urea groups is 1. The molecule has 2 fully saturated rings.